The lowest BCUT2D eigenvalue weighted by Gasteiger charge is -2.11. The number of sulfonamides is 1. The van der Waals surface area contributed by atoms with Crippen LogP contribution in [-0.4, -0.2) is 25.3 Å². The second-order valence-electron chi connectivity index (χ2n) is 4.34. The zero-order chi connectivity index (χ0) is 16.5. The van der Waals surface area contributed by atoms with Crippen LogP contribution in [0, 0.1) is 0 Å². The summed E-state index contributed by atoms with van der Waals surface area (Å²) in [7, 11) is -4.41. The van der Waals surface area contributed by atoms with E-state index < -0.39 is 32.2 Å². The van der Waals surface area contributed by atoms with Crippen LogP contribution in [0.1, 0.15) is 26.3 Å². The second-order valence-corrected chi connectivity index (χ2v) is 6.25. The predicted molar refractivity (Wildman–Crippen MR) is 79.7 cm³/mol. The number of carboxylic acids is 1. The van der Waals surface area contributed by atoms with E-state index in [0.717, 1.165) is 12.1 Å². The largest absolute Gasteiger partial charge is 0.478 e. The smallest absolute Gasteiger partial charge is 0.337 e. The molecule has 6 nitrogen and oxygen atoms in total. The van der Waals surface area contributed by atoms with Gasteiger partial charge in [-0.05, 0) is 12.1 Å². The van der Waals surface area contributed by atoms with Gasteiger partial charge in [-0.1, -0.05) is 41.9 Å². The molecule has 0 saturated carbocycles. The zero-order valence-electron chi connectivity index (χ0n) is 11.0. The highest BCUT2D eigenvalue weighted by Crippen LogP contribution is 2.28. The summed E-state index contributed by atoms with van der Waals surface area (Å²) in [6.07, 6.45) is 0. The van der Waals surface area contributed by atoms with Crippen LogP contribution in [0.15, 0.2) is 47.4 Å². The third kappa shape index (κ3) is 3.01. The first kappa shape index (κ1) is 16.2. The molecule has 0 aliphatic rings. The maximum atomic E-state index is 12.4. The van der Waals surface area contributed by atoms with Gasteiger partial charge in [-0.25, -0.2) is 18.4 Å². The molecule has 0 amide bonds. The first-order valence-corrected chi connectivity index (χ1v) is 7.84. The summed E-state index contributed by atoms with van der Waals surface area (Å²) >= 11 is 5.75. The Morgan fingerprint density at radius 1 is 1.05 bits per heavy atom. The molecule has 2 aromatic carbocycles. The van der Waals surface area contributed by atoms with E-state index in [1.807, 2.05) is 0 Å². The van der Waals surface area contributed by atoms with Crippen molar-refractivity contribution in [3.05, 3.63) is 64.2 Å². The highest BCUT2D eigenvalue weighted by molar-refractivity contribution is 7.89. The van der Waals surface area contributed by atoms with E-state index in [9.17, 15) is 23.1 Å². The summed E-state index contributed by atoms with van der Waals surface area (Å²) in [5.41, 5.74) is -0.816. The van der Waals surface area contributed by atoms with Gasteiger partial charge in [0.25, 0.3) is 0 Å². The van der Waals surface area contributed by atoms with Gasteiger partial charge in [0.05, 0.1) is 10.6 Å². The van der Waals surface area contributed by atoms with Crippen molar-refractivity contribution < 1.29 is 23.1 Å². The van der Waals surface area contributed by atoms with Crippen LogP contribution in [0.5, 0.6) is 0 Å². The zero-order valence-corrected chi connectivity index (χ0v) is 12.6. The van der Waals surface area contributed by atoms with Crippen LogP contribution >= 0.6 is 11.6 Å². The Morgan fingerprint density at radius 2 is 1.64 bits per heavy atom. The van der Waals surface area contributed by atoms with Crippen molar-refractivity contribution in [1.29, 1.82) is 0 Å². The third-order valence-electron chi connectivity index (χ3n) is 2.89. The number of nitrogens with two attached hydrogens (primary N) is 1. The molecule has 2 aromatic rings. The Hall–Kier alpha value is -2.22. The Morgan fingerprint density at radius 3 is 2.14 bits per heavy atom. The number of carbonyl (C=O) groups is 2. The molecule has 3 N–H and O–H groups in total. The molecule has 0 spiro atoms. The molecule has 0 aromatic heterocycles. The number of aromatic carboxylic acids is 1. The minimum Gasteiger partial charge on any atom is -0.478 e. The summed E-state index contributed by atoms with van der Waals surface area (Å²) in [6.45, 7) is 0. The van der Waals surface area contributed by atoms with Crippen molar-refractivity contribution in [2.24, 2.45) is 5.14 Å². The summed E-state index contributed by atoms with van der Waals surface area (Å²) in [5.74, 6) is -2.25. The van der Waals surface area contributed by atoms with Crippen molar-refractivity contribution in [1.82, 2.24) is 0 Å². The molecular weight excluding hydrogens is 330 g/mol. The first-order chi connectivity index (χ1) is 10.2. The fourth-order valence-electron chi connectivity index (χ4n) is 1.98. The molecule has 8 heteroatoms. The van der Waals surface area contributed by atoms with E-state index in [2.05, 4.69) is 0 Å². The quantitative estimate of drug-likeness (QED) is 0.826. The van der Waals surface area contributed by atoms with Crippen molar-refractivity contribution in [3.63, 3.8) is 0 Å². The molecule has 0 radical (unpaired) electrons. The van der Waals surface area contributed by atoms with E-state index in [0.29, 0.717) is 0 Å². The van der Waals surface area contributed by atoms with Crippen molar-refractivity contribution in [2.75, 3.05) is 0 Å². The van der Waals surface area contributed by atoms with Gasteiger partial charge in [0.2, 0.25) is 10.0 Å². The Kier molecular flexibility index (Phi) is 4.32. The first-order valence-electron chi connectivity index (χ1n) is 5.92. The number of hydrogen-bond acceptors (Lipinski definition) is 4. The number of halogens is 1. The monoisotopic (exact) mass is 339 g/mol. The number of rotatable bonds is 4. The summed E-state index contributed by atoms with van der Waals surface area (Å²) in [5, 5.41) is 14.0. The van der Waals surface area contributed by atoms with Crippen LogP contribution in [0.2, 0.25) is 5.02 Å². The van der Waals surface area contributed by atoms with E-state index in [-0.39, 0.29) is 16.1 Å². The molecule has 0 heterocycles. The molecule has 0 saturated heterocycles. The van der Waals surface area contributed by atoms with E-state index in [1.165, 1.54) is 12.1 Å². The molecule has 0 aliphatic heterocycles. The summed E-state index contributed by atoms with van der Waals surface area (Å²) in [6, 6.07) is 10.2. The molecular formula is C14H10ClNO5S. The standard InChI is InChI=1S/C14H10ClNO5S/c15-10-7-6-9(12(17)8-4-2-1-3-5-8)11(14(18)19)13(10)22(16,20)21/h1-7H,(H,18,19)(H2,16,20,21). The molecule has 2 rings (SSSR count). The van der Waals surface area contributed by atoms with Crippen LogP contribution in [0.4, 0.5) is 0 Å². The Bertz CT molecular complexity index is 862. The minimum atomic E-state index is -4.41. The van der Waals surface area contributed by atoms with Crippen molar-refractivity contribution in [2.45, 2.75) is 4.90 Å². The van der Waals surface area contributed by atoms with Gasteiger partial charge in [0.15, 0.2) is 5.78 Å². The molecule has 0 bridgehead atoms. The summed E-state index contributed by atoms with van der Waals surface area (Å²) < 4.78 is 23.2. The lowest BCUT2D eigenvalue weighted by atomic mass is 9.98. The second kappa shape index (κ2) is 5.88. The SMILES string of the molecule is NS(=O)(=O)c1c(Cl)ccc(C(=O)c2ccccc2)c1C(=O)O. The van der Waals surface area contributed by atoms with Gasteiger partial charge >= 0.3 is 5.97 Å². The maximum Gasteiger partial charge on any atom is 0.337 e. The normalized spacial score (nSPS) is 11.2. The lowest BCUT2D eigenvalue weighted by molar-refractivity contribution is 0.0688. The molecule has 0 unspecified atom stereocenters. The van der Waals surface area contributed by atoms with Gasteiger partial charge in [-0.2, -0.15) is 0 Å². The van der Waals surface area contributed by atoms with Crippen LogP contribution in [-0.2, 0) is 10.0 Å². The Balaban J connectivity index is 2.79. The van der Waals surface area contributed by atoms with Crippen molar-refractivity contribution in [3.8, 4) is 0 Å². The molecule has 0 aliphatic carbocycles. The van der Waals surface area contributed by atoms with E-state index in [1.54, 1.807) is 18.2 Å². The summed E-state index contributed by atoms with van der Waals surface area (Å²) in [4.78, 5) is 23.1. The van der Waals surface area contributed by atoms with Gasteiger partial charge in [-0.3, -0.25) is 4.79 Å². The van der Waals surface area contributed by atoms with Crippen LogP contribution in [0.25, 0.3) is 0 Å². The average molecular weight is 340 g/mol. The van der Waals surface area contributed by atoms with Gasteiger partial charge in [-0.15, -0.1) is 0 Å². The average Bonchev–Trinajstić information content (AvgIpc) is 2.45. The van der Waals surface area contributed by atoms with E-state index in [4.69, 9.17) is 16.7 Å². The number of hydrogen-bond donors (Lipinski definition) is 2. The number of carbonyl (C=O) groups excluding carboxylic acids is 1. The maximum absolute atomic E-state index is 12.4. The number of primary sulfonamides is 1. The highest BCUT2D eigenvalue weighted by atomic mass is 35.5. The number of ketones is 1. The van der Waals surface area contributed by atoms with Crippen LogP contribution < -0.4 is 5.14 Å². The number of benzene rings is 2. The van der Waals surface area contributed by atoms with Gasteiger partial charge in [0, 0.05) is 11.1 Å². The molecule has 0 fully saturated rings. The minimum absolute atomic E-state index is 0.215. The van der Waals surface area contributed by atoms with Crippen molar-refractivity contribution >= 4 is 33.4 Å². The lowest BCUT2D eigenvalue weighted by Crippen LogP contribution is -2.20. The highest BCUT2D eigenvalue weighted by Gasteiger charge is 2.28. The predicted octanol–water partition coefficient (Wildman–Crippen LogP) is 1.92. The third-order valence-corrected chi connectivity index (χ3v) is 4.31. The molecule has 22 heavy (non-hydrogen) atoms. The topological polar surface area (TPSA) is 115 Å². The number of carboxylic acid groups (broad SMARTS) is 1. The molecule has 0 atom stereocenters. The Labute approximate surface area is 131 Å². The fourth-order valence-corrected chi connectivity index (χ4v) is 3.28. The van der Waals surface area contributed by atoms with Gasteiger partial charge < -0.3 is 5.11 Å². The molecule has 114 valence electrons. The van der Waals surface area contributed by atoms with E-state index >= 15 is 0 Å². The fraction of sp³-hybridized carbons (Fsp3) is 0. The van der Waals surface area contributed by atoms with Gasteiger partial charge in [0.1, 0.15) is 4.90 Å². The van der Waals surface area contributed by atoms with Crippen LogP contribution in [0.3, 0.4) is 0 Å².